The Morgan fingerprint density at radius 3 is 2.71 bits per heavy atom. The summed E-state index contributed by atoms with van der Waals surface area (Å²) in [5.41, 5.74) is 0.403. The second-order valence-electron chi connectivity index (χ2n) is 3.05. The maximum absolute atomic E-state index is 10.8. The summed E-state index contributed by atoms with van der Waals surface area (Å²) in [6, 6.07) is 4.64. The third-order valence-corrected chi connectivity index (χ3v) is 2.10. The number of rotatable bonds is 3. The van der Waals surface area contributed by atoms with E-state index in [0.717, 1.165) is 0 Å². The fourth-order valence-electron chi connectivity index (χ4n) is 1.43. The van der Waals surface area contributed by atoms with Gasteiger partial charge >= 0.3 is 5.69 Å². The molecular weight excluding hydrogens is 222 g/mol. The van der Waals surface area contributed by atoms with Gasteiger partial charge in [0, 0.05) is 19.3 Å². The number of methoxy groups -OCH3 is 1. The van der Waals surface area contributed by atoms with Gasteiger partial charge in [0.05, 0.1) is 17.6 Å². The van der Waals surface area contributed by atoms with Gasteiger partial charge in [-0.05, 0) is 13.0 Å². The maximum atomic E-state index is 10.8. The van der Waals surface area contributed by atoms with Crippen LogP contribution in [0.2, 0.25) is 0 Å². The number of nitrogens with zero attached hydrogens (tertiary/aromatic N) is 3. The maximum Gasteiger partial charge on any atom is 0.311 e. The average Bonchev–Trinajstić information content (AvgIpc) is 2.34. The van der Waals surface area contributed by atoms with Crippen molar-refractivity contribution in [2.24, 2.45) is 9.98 Å². The largest absolute Gasteiger partial charge is 0.490 e. The fraction of sp³-hybridized carbons (Fsp3) is 0.273. The van der Waals surface area contributed by atoms with E-state index in [4.69, 9.17) is 4.74 Å². The van der Waals surface area contributed by atoms with Crippen molar-refractivity contribution in [3.63, 3.8) is 0 Å². The van der Waals surface area contributed by atoms with Crippen LogP contribution in [0.25, 0.3) is 0 Å². The van der Waals surface area contributed by atoms with Crippen molar-refractivity contribution in [1.82, 2.24) is 0 Å². The Labute approximate surface area is 98.8 Å². The molecule has 0 aliphatic carbocycles. The summed E-state index contributed by atoms with van der Waals surface area (Å²) in [7, 11) is 2.95. The lowest BCUT2D eigenvalue weighted by atomic mass is 10.1. The number of hydrogen-bond acceptors (Lipinski definition) is 4. The molecule has 6 heteroatoms. The highest BCUT2D eigenvalue weighted by atomic mass is 16.6. The van der Waals surface area contributed by atoms with Gasteiger partial charge in [-0.1, -0.05) is 6.07 Å². The second-order valence-corrected chi connectivity index (χ2v) is 3.05. The first kappa shape index (κ1) is 12.8. The van der Waals surface area contributed by atoms with E-state index in [1.54, 1.807) is 32.3 Å². The number of aliphatic imine (C=N–C) groups is 2. The molecule has 1 aromatic rings. The summed E-state index contributed by atoms with van der Waals surface area (Å²) in [5, 5.41) is 10.8. The summed E-state index contributed by atoms with van der Waals surface area (Å²) in [5.74, 6) is 0.566. The summed E-state index contributed by atoms with van der Waals surface area (Å²) in [6.45, 7) is 1.75. The molecule has 0 atom stereocenters. The zero-order valence-corrected chi connectivity index (χ0v) is 9.88. The van der Waals surface area contributed by atoms with E-state index in [1.165, 1.54) is 13.2 Å². The molecule has 0 unspecified atom stereocenters. The van der Waals surface area contributed by atoms with Gasteiger partial charge in [-0.3, -0.25) is 15.1 Å². The zero-order chi connectivity index (χ0) is 12.8. The highest BCUT2D eigenvalue weighted by Gasteiger charge is 2.20. The molecule has 0 heterocycles. The Morgan fingerprint density at radius 2 is 2.24 bits per heavy atom. The number of amidine groups is 1. The molecule has 1 aromatic carbocycles. The molecular formula is C11H13N3O3. The van der Waals surface area contributed by atoms with Crippen LogP contribution in [0.3, 0.4) is 0 Å². The molecule has 0 saturated heterocycles. The number of hydrogen-bond donors (Lipinski definition) is 0. The highest BCUT2D eigenvalue weighted by Crippen LogP contribution is 2.31. The van der Waals surface area contributed by atoms with Gasteiger partial charge in [-0.2, -0.15) is 0 Å². The lowest BCUT2D eigenvalue weighted by Gasteiger charge is -2.07. The van der Waals surface area contributed by atoms with Crippen molar-refractivity contribution in [1.29, 1.82) is 0 Å². The van der Waals surface area contributed by atoms with E-state index in [2.05, 4.69) is 9.98 Å². The Morgan fingerprint density at radius 1 is 1.53 bits per heavy atom. The van der Waals surface area contributed by atoms with E-state index in [9.17, 15) is 10.1 Å². The van der Waals surface area contributed by atoms with E-state index >= 15 is 0 Å². The molecule has 90 valence electrons. The fourth-order valence-corrected chi connectivity index (χ4v) is 1.43. The van der Waals surface area contributed by atoms with Gasteiger partial charge in [0.25, 0.3) is 0 Å². The van der Waals surface area contributed by atoms with Crippen molar-refractivity contribution < 1.29 is 9.66 Å². The van der Waals surface area contributed by atoms with Gasteiger partial charge < -0.3 is 4.74 Å². The zero-order valence-electron chi connectivity index (χ0n) is 9.88. The molecule has 1 rings (SSSR count). The third kappa shape index (κ3) is 2.66. The molecule has 0 saturated carbocycles. The normalized spacial score (nSPS) is 11.8. The summed E-state index contributed by atoms with van der Waals surface area (Å²) >= 11 is 0. The van der Waals surface area contributed by atoms with Gasteiger partial charge in [-0.25, -0.2) is 4.99 Å². The SMILES string of the molecule is CC=NC(=NC)c1cccc([N+](=O)[O-])c1OC. The monoisotopic (exact) mass is 235 g/mol. The molecule has 0 aliphatic heterocycles. The summed E-state index contributed by atoms with van der Waals surface area (Å²) in [6.07, 6.45) is 1.57. The smallest absolute Gasteiger partial charge is 0.311 e. The van der Waals surface area contributed by atoms with Gasteiger partial charge in [0.2, 0.25) is 5.75 Å². The molecule has 17 heavy (non-hydrogen) atoms. The predicted octanol–water partition coefficient (Wildman–Crippen LogP) is 2.07. The number of nitro benzene ring substituents is 1. The van der Waals surface area contributed by atoms with Crippen LogP contribution >= 0.6 is 0 Å². The summed E-state index contributed by atoms with van der Waals surface area (Å²) in [4.78, 5) is 18.4. The van der Waals surface area contributed by atoms with Crippen LogP contribution in [-0.2, 0) is 0 Å². The second kappa shape index (κ2) is 5.74. The van der Waals surface area contributed by atoms with E-state index in [-0.39, 0.29) is 11.4 Å². The molecule has 0 spiro atoms. The Bertz CT molecular complexity index is 481. The van der Waals surface area contributed by atoms with Crippen molar-refractivity contribution in [2.45, 2.75) is 6.92 Å². The lowest BCUT2D eigenvalue weighted by molar-refractivity contribution is -0.385. The van der Waals surface area contributed by atoms with Crippen LogP contribution in [0, 0.1) is 10.1 Å². The lowest BCUT2D eigenvalue weighted by Crippen LogP contribution is -2.03. The predicted molar refractivity (Wildman–Crippen MR) is 66.3 cm³/mol. The molecule has 6 nitrogen and oxygen atoms in total. The van der Waals surface area contributed by atoms with Crippen LogP contribution in [-0.4, -0.2) is 31.1 Å². The first-order chi connectivity index (χ1) is 8.15. The minimum absolute atomic E-state index is 0.0996. The number of nitro groups is 1. The molecule has 0 bridgehead atoms. The Hall–Kier alpha value is -2.24. The van der Waals surface area contributed by atoms with E-state index in [1.807, 2.05) is 0 Å². The molecule has 0 aromatic heterocycles. The van der Waals surface area contributed by atoms with Crippen molar-refractivity contribution in [3.05, 3.63) is 33.9 Å². The van der Waals surface area contributed by atoms with E-state index in [0.29, 0.717) is 11.4 Å². The van der Waals surface area contributed by atoms with Gasteiger partial charge in [0.15, 0.2) is 5.84 Å². The highest BCUT2D eigenvalue weighted by molar-refractivity contribution is 6.05. The molecule has 0 radical (unpaired) electrons. The van der Waals surface area contributed by atoms with Gasteiger partial charge in [-0.15, -0.1) is 0 Å². The number of para-hydroxylation sites is 1. The first-order valence-electron chi connectivity index (χ1n) is 4.93. The molecule has 0 N–H and O–H groups in total. The van der Waals surface area contributed by atoms with Crippen molar-refractivity contribution >= 4 is 17.7 Å². The first-order valence-corrected chi connectivity index (χ1v) is 4.93. The van der Waals surface area contributed by atoms with Crippen LogP contribution < -0.4 is 4.74 Å². The molecule has 0 aliphatic rings. The number of ether oxygens (including phenoxy) is 1. The Balaban J connectivity index is 3.43. The third-order valence-electron chi connectivity index (χ3n) is 2.10. The number of benzene rings is 1. The Kier molecular flexibility index (Phi) is 4.33. The average molecular weight is 235 g/mol. The topological polar surface area (TPSA) is 77.1 Å². The summed E-state index contributed by atoms with van der Waals surface area (Å²) < 4.78 is 5.07. The van der Waals surface area contributed by atoms with Crippen molar-refractivity contribution in [3.8, 4) is 5.75 Å². The minimum Gasteiger partial charge on any atom is -0.490 e. The van der Waals surface area contributed by atoms with Crippen LogP contribution in [0.15, 0.2) is 28.2 Å². The van der Waals surface area contributed by atoms with Crippen LogP contribution in [0.4, 0.5) is 5.69 Å². The van der Waals surface area contributed by atoms with E-state index < -0.39 is 4.92 Å². The van der Waals surface area contributed by atoms with Gasteiger partial charge in [0.1, 0.15) is 0 Å². The molecule has 0 fully saturated rings. The molecule has 0 amide bonds. The quantitative estimate of drug-likeness (QED) is 0.348. The van der Waals surface area contributed by atoms with Crippen LogP contribution in [0.1, 0.15) is 12.5 Å². The van der Waals surface area contributed by atoms with Crippen molar-refractivity contribution in [2.75, 3.05) is 14.2 Å². The van der Waals surface area contributed by atoms with Crippen LogP contribution in [0.5, 0.6) is 5.75 Å². The minimum atomic E-state index is -0.495. The standard InChI is InChI=1S/C11H13N3O3/c1-4-13-11(12-2)8-6-5-7-9(14(15)16)10(8)17-3/h4-7H,1-3H3.